The molecule has 0 aliphatic carbocycles. The number of halogens is 2. The van der Waals surface area contributed by atoms with Gasteiger partial charge in [0.15, 0.2) is 5.78 Å². The van der Waals surface area contributed by atoms with Crippen LogP contribution in [0.1, 0.15) is 21.5 Å². The Bertz CT molecular complexity index is 791. The van der Waals surface area contributed by atoms with Crippen LogP contribution < -0.4 is 5.48 Å². The fraction of sp³-hybridized carbons (Fsp3) is 0. The Morgan fingerprint density at radius 3 is 1.88 bits per heavy atom. The van der Waals surface area contributed by atoms with E-state index in [1.807, 2.05) is 0 Å². The maximum atomic E-state index is 13.1. The van der Waals surface area contributed by atoms with Gasteiger partial charge < -0.3 is 0 Å². The summed E-state index contributed by atoms with van der Waals surface area (Å²) in [4.78, 5) is 22.8. The fourth-order valence-corrected chi connectivity index (χ4v) is 1.89. The third kappa shape index (κ3) is 4.96. The lowest BCUT2D eigenvalue weighted by Gasteiger charge is -1.98. The van der Waals surface area contributed by atoms with E-state index in [4.69, 9.17) is 5.21 Å². The summed E-state index contributed by atoms with van der Waals surface area (Å²) in [7, 11) is 0. The van der Waals surface area contributed by atoms with E-state index in [9.17, 15) is 18.4 Å². The molecule has 2 aromatic rings. The molecule has 6 heteroatoms. The highest BCUT2D eigenvalue weighted by Crippen LogP contribution is 2.12. The Balaban J connectivity index is 2.07. The molecule has 0 saturated heterocycles. The molecule has 0 saturated carbocycles. The van der Waals surface area contributed by atoms with E-state index >= 15 is 0 Å². The van der Waals surface area contributed by atoms with Gasteiger partial charge in [0, 0.05) is 17.7 Å². The van der Waals surface area contributed by atoms with Gasteiger partial charge in [-0.25, -0.2) is 14.3 Å². The number of nitrogens with one attached hydrogen (secondary N) is 1. The predicted molar refractivity (Wildman–Crippen MR) is 85.1 cm³/mol. The molecule has 0 bridgehead atoms. The maximum absolute atomic E-state index is 13.1. The van der Waals surface area contributed by atoms with Crippen LogP contribution in [0.25, 0.3) is 12.2 Å². The zero-order valence-electron chi connectivity index (χ0n) is 12.4. The van der Waals surface area contributed by atoms with E-state index in [0.29, 0.717) is 17.2 Å². The van der Waals surface area contributed by atoms with Gasteiger partial charge in [0.05, 0.1) is 0 Å². The van der Waals surface area contributed by atoms with Crippen molar-refractivity contribution in [1.29, 1.82) is 0 Å². The molecule has 0 heterocycles. The van der Waals surface area contributed by atoms with E-state index < -0.39 is 23.3 Å². The van der Waals surface area contributed by atoms with Crippen molar-refractivity contribution in [2.75, 3.05) is 0 Å². The van der Waals surface area contributed by atoms with E-state index in [0.717, 1.165) is 18.2 Å². The Labute approximate surface area is 136 Å². The molecule has 2 aromatic carbocycles. The van der Waals surface area contributed by atoms with Crippen LogP contribution in [0, 0.1) is 11.6 Å². The molecular weight excluding hydrogens is 316 g/mol. The van der Waals surface area contributed by atoms with Crippen LogP contribution in [-0.4, -0.2) is 16.9 Å². The number of benzene rings is 2. The fourth-order valence-electron chi connectivity index (χ4n) is 1.89. The van der Waals surface area contributed by atoms with E-state index in [1.54, 1.807) is 24.3 Å². The molecule has 0 spiro atoms. The molecule has 0 aromatic heterocycles. The number of amides is 1. The summed E-state index contributed by atoms with van der Waals surface area (Å²) in [5.74, 6) is -2.78. The number of rotatable bonds is 5. The first kappa shape index (κ1) is 17.2. The standard InChI is InChI=1S/C18H13F2NO3/c19-15-9-14(10-16(20)11-15)17(22)7-5-12-1-3-13(4-2-12)6-8-18(23)21-24/h1-11,24H,(H,21,23). The zero-order chi connectivity index (χ0) is 17.5. The molecule has 0 unspecified atom stereocenters. The molecule has 122 valence electrons. The van der Waals surface area contributed by atoms with E-state index in [-0.39, 0.29) is 5.56 Å². The minimum absolute atomic E-state index is 0.0710. The second-order valence-electron chi connectivity index (χ2n) is 4.83. The van der Waals surface area contributed by atoms with Gasteiger partial charge in [-0.05, 0) is 35.4 Å². The van der Waals surface area contributed by atoms with Gasteiger partial charge in [0.1, 0.15) is 11.6 Å². The topological polar surface area (TPSA) is 66.4 Å². The van der Waals surface area contributed by atoms with Crippen molar-refractivity contribution >= 4 is 23.8 Å². The number of allylic oxidation sites excluding steroid dienone is 1. The van der Waals surface area contributed by atoms with E-state index in [1.165, 1.54) is 23.7 Å². The number of hydrogen-bond donors (Lipinski definition) is 2. The van der Waals surface area contributed by atoms with Crippen LogP contribution >= 0.6 is 0 Å². The number of carbonyl (C=O) groups is 2. The Hall–Kier alpha value is -3.12. The summed E-state index contributed by atoms with van der Waals surface area (Å²) < 4.78 is 26.2. The highest BCUT2D eigenvalue weighted by molar-refractivity contribution is 6.06. The number of ketones is 1. The van der Waals surface area contributed by atoms with Crippen molar-refractivity contribution in [3.63, 3.8) is 0 Å². The van der Waals surface area contributed by atoms with Crippen LogP contribution in [0.3, 0.4) is 0 Å². The molecular formula is C18H13F2NO3. The SMILES string of the molecule is O=C(C=Cc1ccc(C=CC(=O)c2cc(F)cc(F)c2)cc1)NO. The first-order valence-corrected chi connectivity index (χ1v) is 6.88. The maximum Gasteiger partial charge on any atom is 0.267 e. The van der Waals surface area contributed by atoms with Crippen molar-refractivity contribution in [2.45, 2.75) is 0 Å². The van der Waals surface area contributed by atoms with Crippen LogP contribution in [0.15, 0.2) is 54.6 Å². The summed E-state index contributed by atoms with van der Waals surface area (Å²) in [6.07, 6.45) is 5.39. The highest BCUT2D eigenvalue weighted by atomic mass is 19.1. The summed E-state index contributed by atoms with van der Waals surface area (Å²) in [5, 5.41) is 8.37. The van der Waals surface area contributed by atoms with Gasteiger partial charge in [-0.3, -0.25) is 14.8 Å². The molecule has 4 nitrogen and oxygen atoms in total. The number of hydroxylamine groups is 1. The largest absolute Gasteiger partial charge is 0.289 e. The minimum atomic E-state index is -0.810. The third-order valence-corrected chi connectivity index (χ3v) is 3.05. The molecule has 0 aliphatic heterocycles. The highest BCUT2D eigenvalue weighted by Gasteiger charge is 2.06. The molecule has 24 heavy (non-hydrogen) atoms. The van der Waals surface area contributed by atoms with Crippen molar-refractivity contribution in [3.05, 3.63) is 82.9 Å². The van der Waals surface area contributed by atoms with Crippen LogP contribution in [0.5, 0.6) is 0 Å². The predicted octanol–water partition coefficient (Wildman–Crippen LogP) is 3.38. The Morgan fingerprint density at radius 1 is 0.875 bits per heavy atom. The average molecular weight is 329 g/mol. The Kier molecular flexibility index (Phi) is 5.70. The second-order valence-corrected chi connectivity index (χ2v) is 4.83. The average Bonchev–Trinajstić information content (AvgIpc) is 2.57. The van der Waals surface area contributed by atoms with E-state index in [2.05, 4.69) is 0 Å². The number of hydrogen-bond acceptors (Lipinski definition) is 3. The molecule has 2 N–H and O–H groups in total. The summed E-state index contributed by atoms with van der Waals surface area (Å²) >= 11 is 0. The van der Waals surface area contributed by atoms with Gasteiger partial charge in [-0.1, -0.05) is 30.3 Å². The normalized spacial score (nSPS) is 11.1. The second kappa shape index (κ2) is 7.94. The summed E-state index contributed by atoms with van der Waals surface area (Å²) in [5.41, 5.74) is 2.82. The smallest absolute Gasteiger partial charge is 0.267 e. The lowest BCUT2D eigenvalue weighted by Crippen LogP contribution is -2.14. The van der Waals surface area contributed by atoms with Crippen LogP contribution in [0.4, 0.5) is 8.78 Å². The zero-order valence-corrected chi connectivity index (χ0v) is 12.4. The molecule has 2 rings (SSSR count). The van der Waals surface area contributed by atoms with Crippen molar-refractivity contribution in [2.24, 2.45) is 0 Å². The van der Waals surface area contributed by atoms with Gasteiger partial charge >= 0.3 is 0 Å². The van der Waals surface area contributed by atoms with Crippen molar-refractivity contribution in [1.82, 2.24) is 5.48 Å². The van der Waals surface area contributed by atoms with Gasteiger partial charge in [-0.15, -0.1) is 0 Å². The molecule has 1 amide bonds. The third-order valence-electron chi connectivity index (χ3n) is 3.05. The number of carbonyl (C=O) groups excluding carboxylic acids is 2. The van der Waals surface area contributed by atoms with Crippen molar-refractivity contribution in [3.8, 4) is 0 Å². The van der Waals surface area contributed by atoms with Crippen LogP contribution in [0.2, 0.25) is 0 Å². The molecule has 0 fully saturated rings. The lowest BCUT2D eigenvalue weighted by molar-refractivity contribution is -0.124. The van der Waals surface area contributed by atoms with Gasteiger partial charge in [0.25, 0.3) is 5.91 Å². The minimum Gasteiger partial charge on any atom is -0.289 e. The van der Waals surface area contributed by atoms with Gasteiger partial charge in [-0.2, -0.15) is 0 Å². The molecule has 0 atom stereocenters. The molecule has 0 radical (unpaired) electrons. The quantitative estimate of drug-likeness (QED) is 0.382. The summed E-state index contributed by atoms with van der Waals surface area (Å²) in [6.45, 7) is 0. The molecule has 0 aliphatic rings. The first-order chi connectivity index (χ1) is 11.5. The van der Waals surface area contributed by atoms with Gasteiger partial charge in [0.2, 0.25) is 0 Å². The van der Waals surface area contributed by atoms with Crippen LogP contribution in [-0.2, 0) is 4.79 Å². The van der Waals surface area contributed by atoms with Crippen molar-refractivity contribution < 1.29 is 23.6 Å². The first-order valence-electron chi connectivity index (χ1n) is 6.88. The summed E-state index contributed by atoms with van der Waals surface area (Å²) in [6, 6.07) is 9.44. The monoisotopic (exact) mass is 329 g/mol. The lowest BCUT2D eigenvalue weighted by atomic mass is 10.1. The Morgan fingerprint density at radius 2 is 1.38 bits per heavy atom.